The maximum Gasteiger partial charge on any atom is 0.323 e. The Kier molecular flexibility index (Phi) is 1.97. The van der Waals surface area contributed by atoms with Crippen LogP contribution in [0.25, 0.3) is 11.0 Å². The molecule has 0 saturated carbocycles. The largest absolute Gasteiger partial charge is 0.323 e. The van der Waals surface area contributed by atoms with Gasteiger partial charge in [0.1, 0.15) is 11.3 Å². The zero-order valence-corrected chi connectivity index (χ0v) is 9.79. The lowest BCUT2D eigenvalue weighted by Gasteiger charge is -2.20. The van der Waals surface area contributed by atoms with Gasteiger partial charge in [0.25, 0.3) is 0 Å². The van der Waals surface area contributed by atoms with E-state index in [1.165, 1.54) is 12.8 Å². The predicted molar refractivity (Wildman–Crippen MR) is 66.2 cm³/mol. The highest BCUT2D eigenvalue weighted by Gasteiger charge is 2.39. The van der Waals surface area contributed by atoms with Crippen molar-refractivity contribution in [2.24, 2.45) is 0 Å². The lowest BCUT2D eigenvalue weighted by Crippen LogP contribution is -2.21. The molecular weight excluding hydrogens is 233 g/mol. The molecule has 0 spiro atoms. The molecular formula is C13H14FN3O. The maximum absolute atomic E-state index is 13.9. The number of nitrogens with one attached hydrogen (secondary N) is 3. The second kappa shape index (κ2) is 3.45. The van der Waals surface area contributed by atoms with Gasteiger partial charge in [-0.1, -0.05) is 0 Å². The number of fused-ring (bicyclic) bond motifs is 3. The Hall–Kier alpha value is -1.62. The summed E-state index contributed by atoms with van der Waals surface area (Å²) in [6.07, 6.45) is 3.47. The van der Waals surface area contributed by atoms with Gasteiger partial charge in [-0.3, -0.25) is 0 Å². The van der Waals surface area contributed by atoms with E-state index in [0.29, 0.717) is 23.5 Å². The van der Waals surface area contributed by atoms with Gasteiger partial charge < -0.3 is 15.3 Å². The van der Waals surface area contributed by atoms with Gasteiger partial charge in [-0.2, -0.15) is 0 Å². The van der Waals surface area contributed by atoms with E-state index in [1.807, 2.05) is 6.07 Å². The molecule has 2 saturated heterocycles. The van der Waals surface area contributed by atoms with Crippen LogP contribution in [0.4, 0.5) is 4.39 Å². The summed E-state index contributed by atoms with van der Waals surface area (Å²) in [6.45, 7) is 0. The smallest absolute Gasteiger partial charge is 0.311 e. The van der Waals surface area contributed by atoms with Gasteiger partial charge in [0, 0.05) is 18.0 Å². The zero-order valence-electron chi connectivity index (χ0n) is 9.79. The van der Waals surface area contributed by atoms with Crippen molar-refractivity contribution in [2.45, 2.75) is 37.3 Å². The molecule has 18 heavy (non-hydrogen) atoms. The van der Waals surface area contributed by atoms with Gasteiger partial charge in [0.05, 0.1) is 5.52 Å². The first kappa shape index (κ1) is 10.3. The molecule has 2 bridgehead atoms. The third-order valence-corrected chi connectivity index (χ3v) is 4.33. The zero-order chi connectivity index (χ0) is 12.3. The highest BCUT2D eigenvalue weighted by molar-refractivity contribution is 5.76. The fraction of sp³-hybridized carbons (Fsp3) is 0.462. The van der Waals surface area contributed by atoms with E-state index in [-0.39, 0.29) is 17.0 Å². The molecule has 2 aromatic rings. The van der Waals surface area contributed by atoms with Crippen molar-refractivity contribution < 1.29 is 4.39 Å². The van der Waals surface area contributed by atoms with Gasteiger partial charge in [0.2, 0.25) is 0 Å². The Morgan fingerprint density at radius 3 is 2.83 bits per heavy atom. The molecule has 3 unspecified atom stereocenters. The van der Waals surface area contributed by atoms with Crippen LogP contribution < -0.4 is 11.0 Å². The van der Waals surface area contributed by atoms with Crippen molar-refractivity contribution in [3.63, 3.8) is 0 Å². The van der Waals surface area contributed by atoms with E-state index in [2.05, 4.69) is 15.3 Å². The minimum atomic E-state index is -0.355. The summed E-state index contributed by atoms with van der Waals surface area (Å²) >= 11 is 0. The number of hydrogen-bond acceptors (Lipinski definition) is 2. The first-order valence-corrected chi connectivity index (χ1v) is 6.38. The summed E-state index contributed by atoms with van der Waals surface area (Å²) in [5.74, 6) is 0.0321. The molecule has 0 amide bonds. The molecule has 0 aliphatic carbocycles. The van der Waals surface area contributed by atoms with E-state index in [9.17, 15) is 9.18 Å². The van der Waals surface area contributed by atoms with Crippen LogP contribution in [-0.4, -0.2) is 22.1 Å². The van der Waals surface area contributed by atoms with Gasteiger partial charge in [-0.25, -0.2) is 9.18 Å². The molecule has 1 aromatic heterocycles. The van der Waals surface area contributed by atoms with Crippen LogP contribution in [-0.2, 0) is 0 Å². The summed E-state index contributed by atoms with van der Waals surface area (Å²) in [4.78, 5) is 16.3. The average molecular weight is 247 g/mol. The highest BCUT2D eigenvalue weighted by atomic mass is 19.1. The van der Waals surface area contributed by atoms with Crippen LogP contribution in [0.5, 0.6) is 0 Å². The maximum atomic E-state index is 13.9. The van der Waals surface area contributed by atoms with Crippen LogP contribution in [0.15, 0.2) is 16.9 Å². The summed E-state index contributed by atoms with van der Waals surface area (Å²) < 4.78 is 13.9. The number of H-pyrrole nitrogens is 2. The fourth-order valence-electron chi connectivity index (χ4n) is 3.53. The number of benzene rings is 1. The second-order valence-electron chi connectivity index (χ2n) is 5.39. The molecule has 4 rings (SSSR count). The monoisotopic (exact) mass is 247 g/mol. The molecule has 3 atom stereocenters. The van der Waals surface area contributed by atoms with E-state index in [1.54, 1.807) is 6.07 Å². The van der Waals surface area contributed by atoms with Crippen LogP contribution >= 0.6 is 0 Å². The summed E-state index contributed by atoms with van der Waals surface area (Å²) in [5.41, 5.74) is 1.49. The molecule has 94 valence electrons. The normalized spacial score (nSPS) is 30.4. The Bertz CT molecular complexity index is 674. The SMILES string of the molecule is O=c1[nH]c2cc(C3CC4CCC3N4)cc(F)c2[nH]1. The number of hydrogen-bond donors (Lipinski definition) is 3. The second-order valence-corrected chi connectivity index (χ2v) is 5.39. The molecule has 3 N–H and O–H groups in total. The Labute approximate surface area is 103 Å². The van der Waals surface area contributed by atoms with Crippen molar-refractivity contribution in [3.8, 4) is 0 Å². The van der Waals surface area contributed by atoms with Crippen molar-refractivity contribution in [1.82, 2.24) is 15.3 Å². The topological polar surface area (TPSA) is 60.7 Å². The van der Waals surface area contributed by atoms with Crippen LogP contribution in [0.3, 0.4) is 0 Å². The molecule has 3 heterocycles. The number of aromatic nitrogens is 2. The van der Waals surface area contributed by atoms with Gasteiger partial charge >= 0.3 is 5.69 Å². The van der Waals surface area contributed by atoms with Crippen molar-refractivity contribution in [2.75, 3.05) is 0 Å². The minimum Gasteiger partial charge on any atom is -0.311 e. The van der Waals surface area contributed by atoms with Crippen molar-refractivity contribution in [3.05, 3.63) is 34.0 Å². The van der Waals surface area contributed by atoms with E-state index >= 15 is 0 Å². The first-order valence-electron chi connectivity index (χ1n) is 6.38. The number of aromatic amines is 2. The first-order chi connectivity index (χ1) is 8.70. The molecule has 2 fully saturated rings. The van der Waals surface area contributed by atoms with Crippen molar-refractivity contribution >= 4 is 11.0 Å². The van der Waals surface area contributed by atoms with E-state index in [0.717, 1.165) is 12.0 Å². The quantitative estimate of drug-likeness (QED) is 0.717. The summed E-state index contributed by atoms with van der Waals surface area (Å²) in [6, 6.07) is 4.53. The summed E-state index contributed by atoms with van der Waals surface area (Å²) in [5, 5.41) is 3.55. The van der Waals surface area contributed by atoms with Gasteiger partial charge in [-0.05, 0) is 37.0 Å². The highest BCUT2D eigenvalue weighted by Crippen LogP contribution is 2.40. The van der Waals surface area contributed by atoms with Crippen LogP contribution in [0, 0.1) is 5.82 Å². The molecule has 2 aliphatic rings. The molecule has 5 heteroatoms. The molecule has 0 radical (unpaired) electrons. The fourth-order valence-corrected chi connectivity index (χ4v) is 3.53. The lowest BCUT2D eigenvalue weighted by molar-refractivity contribution is 0.504. The molecule has 4 nitrogen and oxygen atoms in total. The van der Waals surface area contributed by atoms with E-state index in [4.69, 9.17) is 0 Å². The lowest BCUT2D eigenvalue weighted by atomic mass is 9.84. The number of halogens is 1. The predicted octanol–water partition coefficient (Wildman–Crippen LogP) is 1.60. The Morgan fingerprint density at radius 1 is 1.22 bits per heavy atom. The Balaban J connectivity index is 1.83. The third kappa shape index (κ3) is 1.37. The van der Waals surface area contributed by atoms with Gasteiger partial charge in [0.15, 0.2) is 0 Å². The Morgan fingerprint density at radius 2 is 2.11 bits per heavy atom. The molecule has 2 aliphatic heterocycles. The summed E-state index contributed by atoms with van der Waals surface area (Å²) in [7, 11) is 0. The van der Waals surface area contributed by atoms with Crippen molar-refractivity contribution in [1.29, 1.82) is 0 Å². The number of rotatable bonds is 1. The average Bonchev–Trinajstić information content (AvgIpc) is 3.01. The van der Waals surface area contributed by atoms with Gasteiger partial charge in [-0.15, -0.1) is 0 Å². The molecule has 1 aromatic carbocycles. The number of imidazole rings is 1. The third-order valence-electron chi connectivity index (χ3n) is 4.33. The standard InChI is InChI=1S/C13H14FN3O/c14-9-3-6(4-11-12(9)17-13(18)16-11)8-5-7-1-2-10(8)15-7/h3-4,7-8,10,15H,1-2,5H2,(H2,16,17,18). The van der Waals surface area contributed by atoms with E-state index < -0.39 is 0 Å². The minimum absolute atomic E-state index is 0.278. The van der Waals surface area contributed by atoms with Crippen LogP contribution in [0.1, 0.15) is 30.7 Å². The van der Waals surface area contributed by atoms with Crippen LogP contribution in [0.2, 0.25) is 0 Å².